The number of nitrogens with zero attached hydrogens (tertiary/aromatic N) is 3. The van der Waals surface area contributed by atoms with Gasteiger partial charge >= 0.3 is 0 Å². The van der Waals surface area contributed by atoms with E-state index in [0.717, 1.165) is 56.3 Å². The molecule has 1 fully saturated rings. The summed E-state index contributed by atoms with van der Waals surface area (Å²) in [6.45, 7) is 4.09. The summed E-state index contributed by atoms with van der Waals surface area (Å²) in [7, 11) is 0. The van der Waals surface area contributed by atoms with Crippen LogP contribution in [-0.2, 0) is 13.1 Å². The molecule has 2 aromatic heterocycles. The number of rotatable bonds is 6. The average Bonchev–Trinajstić information content (AvgIpc) is 3.45. The van der Waals surface area contributed by atoms with Gasteiger partial charge in [-0.15, -0.1) is 0 Å². The Bertz CT molecular complexity index is 922. The molecule has 29 heavy (non-hydrogen) atoms. The number of hydrogen-bond donors (Lipinski definition) is 0. The van der Waals surface area contributed by atoms with Crippen molar-refractivity contribution in [2.45, 2.75) is 32.0 Å². The Balaban J connectivity index is 1.27. The highest BCUT2D eigenvalue weighted by Crippen LogP contribution is 2.36. The van der Waals surface area contributed by atoms with E-state index in [-0.39, 0.29) is 0 Å². The number of pyridine rings is 1. The summed E-state index contributed by atoms with van der Waals surface area (Å²) in [5.41, 5.74) is 2.49. The van der Waals surface area contributed by atoms with Crippen molar-refractivity contribution >= 4 is 5.69 Å². The molecular weight excluding hydrogens is 366 g/mol. The van der Waals surface area contributed by atoms with Gasteiger partial charge in [0.05, 0.1) is 12.8 Å². The minimum Gasteiger partial charge on any atom is -0.468 e. The Labute approximate surface area is 170 Å². The van der Waals surface area contributed by atoms with Crippen LogP contribution in [0.25, 0.3) is 0 Å². The third-order valence-corrected chi connectivity index (χ3v) is 5.78. The minimum absolute atomic E-state index is 0.317. The quantitative estimate of drug-likeness (QED) is 0.631. The zero-order chi connectivity index (χ0) is 19.5. The van der Waals surface area contributed by atoms with Crippen LogP contribution in [0.5, 0.6) is 11.5 Å². The van der Waals surface area contributed by atoms with Crippen LogP contribution in [0.2, 0.25) is 0 Å². The highest BCUT2D eigenvalue weighted by atomic mass is 16.7. The van der Waals surface area contributed by atoms with E-state index in [1.54, 1.807) is 6.26 Å². The van der Waals surface area contributed by atoms with Crippen molar-refractivity contribution < 1.29 is 13.9 Å². The molecule has 0 unspecified atom stereocenters. The van der Waals surface area contributed by atoms with Gasteiger partial charge in [-0.1, -0.05) is 0 Å². The molecule has 6 nitrogen and oxygen atoms in total. The van der Waals surface area contributed by atoms with Gasteiger partial charge in [-0.25, -0.2) is 0 Å². The molecule has 6 heteroatoms. The molecule has 0 amide bonds. The van der Waals surface area contributed by atoms with Crippen molar-refractivity contribution in [1.29, 1.82) is 0 Å². The Morgan fingerprint density at radius 1 is 0.966 bits per heavy atom. The van der Waals surface area contributed by atoms with Crippen molar-refractivity contribution in [3.05, 3.63) is 72.4 Å². The maximum absolute atomic E-state index is 5.64. The highest BCUT2D eigenvalue weighted by molar-refractivity contribution is 5.57. The molecule has 2 aliphatic heterocycles. The van der Waals surface area contributed by atoms with Crippen LogP contribution in [0, 0.1) is 0 Å². The van der Waals surface area contributed by atoms with E-state index in [1.807, 2.05) is 24.5 Å². The van der Waals surface area contributed by atoms with Crippen LogP contribution in [0.3, 0.4) is 0 Å². The lowest BCUT2D eigenvalue weighted by atomic mass is 10.0. The first-order valence-electron chi connectivity index (χ1n) is 10.1. The second-order valence-electron chi connectivity index (χ2n) is 7.60. The maximum atomic E-state index is 5.64. The summed E-state index contributed by atoms with van der Waals surface area (Å²) in [5, 5.41) is 0. The van der Waals surface area contributed by atoms with Crippen molar-refractivity contribution in [1.82, 2.24) is 9.88 Å². The number of aromatic nitrogens is 1. The van der Waals surface area contributed by atoms with Crippen LogP contribution in [0.15, 0.2) is 65.5 Å². The van der Waals surface area contributed by atoms with Crippen molar-refractivity contribution in [2.75, 3.05) is 24.8 Å². The molecule has 2 aliphatic rings. The fourth-order valence-electron chi connectivity index (χ4n) is 4.21. The largest absolute Gasteiger partial charge is 0.468 e. The van der Waals surface area contributed by atoms with E-state index in [0.29, 0.717) is 12.8 Å². The summed E-state index contributed by atoms with van der Waals surface area (Å²) in [6.07, 6.45) is 7.70. The van der Waals surface area contributed by atoms with Crippen LogP contribution >= 0.6 is 0 Å². The molecule has 0 radical (unpaired) electrons. The smallest absolute Gasteiger partial charge is 0.231 e. The van der Waals surface area contributed by atoms with Gasteiger partial charge in [0.1, 0.15) is 5.76 Å². The van der Waals surface area contributed by atoms with Gasteiger partial charge in [-0.05, 0) is 54.8 Å². The molecule has 3 aromatic rings. The lowest BCUT2D eigenvalue weighted by Gasteiger charge is -2.39. The Morgan fingerprint density at radius 3 is 2.59 bits per heavy atom. The van der Waals surface area contributed by atoms with Crippen LogP contribution in [-0.4, -0.2) is 35.8 Å². The summed E-state index contributed by atoms with van der Waals surface area (Å²) >= 11 is 0. The third kappa shape index (κ3) is 4.07. The molecule has 0 bridgehead atoms. The topological polar surface area (TPSA) is 51.0 Å². The first kappa shape index (κ1) is 18.1. The van der Waals surface area contributed by atoms with E-state index >= 15 is 0 Å². The van der Waals surface area contributed by atoms with Gasteiger partial charge in [0, 0.05) is 49.8 Å². The van der Waals surface area contributed by atoms with E-state index in [1.165, 1.54) is 11.3 Å². The van der Waals surface area contributed by atoms with Crippen molar-refractivity contribution in [3.8, 4) is 11.5 Å². The first-order valence-corrected chi connectivity index (χ1v) is 10.1. The van der Waals surface area contributed by atoms with Crippen LogP contribution in [0.1, 0.15) is 24.2 Å². The summed E-state index contributed by atoms with van der Waals surface area (Å²) < 4.78 is 16.6. The number of piperidine rings is 1. The molecule has 150 valence electrons. The average molecular weight is 391 g/mol. The van der Waals surface area contributed by atoms with E-state index in [2.05, 4.69) is 45.1 Å². The summed E-state index contributed by atoms with van der Waals surface area (Å²) in [5.74, 6) is 2.70. The van der Waals surface area contributed by atoms with E-state index < -0.39 is 0 Å². The number of fused-ring (bicyclic) bond motifs is 1. The molecule has 0 spiro atoms. The number of ether oxygens (including phenoxy) is 2. The van der Waals surface area contributed by atoms with Crippen molar-refractivity contribution in [2.24, 2.45) is 0 Å². The lowest BCUT2D eigenvalue weighted by Crippen LogP contribution is -2.44. The molecule has 1 saturated heterocycles. The molecule has 1 aromatic carbocycles. The molecule has 4 heterocycles. The SMILES string of the molecule is c1coc(CN(Cc2ccncc2)C2CCN(c3ccc4c(c3)OCO4)CC2)c1. The molecule has 0 saturated carbocycles. The predicted octanol–water partition coefficient (Wildman–Crippen LogP) is 4.07. The first-order chi connectivity index (χ1) is 14.3. The molecule has 0 atom stereocenters. The van der Waals surface area contributed by atoms with E-state index in [9.17, 15) is 0 Å². The Hall–Kier alpha value is -2.99. The van der Waals surface area contributed by atoms with Gasteiger partial charge in [0.15, 0.2) is 11.5 Å². The van der Waals surface area contributed by atoms with Crippen molar-refractivity contribution in [3.63, 3.8) is 0 Å². The van der Waals surface area contributed by atoms with E-state index in [4.69, 9.17) is 13.9 Å². The number of furan rings is 1. The standard InChI is InChI=1S/C23H25N3O3/c1-2-21(27-13-1)16-26(15-18-5-9-24-10-6-18)19-7-11-25(12-8-19)20-3-4-22-23(14-20)29-17-28-22/h1-6,9-10,13-14,19H,7-8,11-12,15-17H2. The minimum atomic E-state index is 0.317. The Kier molecular flexibility index (Phi) is 5.09. The number of hydrogen-bond acceptors (Lipinski definition) is 6. The van der Waals surface area contributed by atoms with Gasteiger partial charge < -0.3 is 18.8 Å². The second-order valence-corrected chi connectivity index (χ2v) is 7.60. The van der Waals surface area contributed by atoms with Gasteiger partial charge in [0.2, 0.25) is 6.79 Å². The number of anilines is 1. The maximum Gasteiger partial charge on any atom is 0.231 e. The monoisotopic (exact) mass is 391 g/mol. The zero-order valence-corrected chi connectivity index (χ0v) is 16.4. The fraction of sp³-hybridized carbons (Fsp3) is 0.348. The molecular formula is C23H25N3O3. The van der Waals surface area contributed by atoms with Crippen LogP contribution in [0.4, 0.5) is 5.69 Å². The second kappa shape index (κ2) is 8.17. The summed E-state index contributed by atoms with van der Waals surface area (Å²) in [4.78, 5) is 9.12. The molecule has 5 rings (SSSR count). The molecule has 0 N–H and O–H groups in total. The summed E-state index contributed by atoms with van der Waals surface area (Å²) in [6, 6.07) is 15.0. The van der Waals surface area contributed by atoms with Gasteiger partial charge in [-0.2, -0.15) is 0 Å². The third-order valence-electron chi connectivity index (χ3n) is 5.78. The van der Waals surface area contributed by atoms with Gasteiger partial charge in [0.25, 0.3) is 0 Å². The lowest BCUT2D eigenvalue weighted by molar-refractivity contribution is 0.141. The fourth-order valence-corrected chi connectivity index (χ4v) is 4.21. The van der Waals surface area contributed by atoms with Crippen LogP contribution < -0.4 is 14.4 Å². The number of benzene rings is 1. The molecule has 0 aliphatic carbocycles. The zero-order valence-electron chi connectivity index (χ0n) is 16.4. The highest BCUT2D eigenvalue weighted by Gasteiger charge is 2.26. The van der Waals surface area contributed by atoms with Gasteiger partial charge in [-0.3, -0.25) is 9.88 Å². The Morgan fingerprint density at radius 2 is 1.79 bits per heavy atom. The predicted molar refractivity (Wildman–Crippen MR) is 110 cm³/mol. The normalized spacial score (nSPS) is 16.5.